The first-order chi connectivity index (χ1) is 10.2. The average molecular weight is 285 g/mol. The average Bonchev–Trinajstić information content (AvgIpc) is 3.00. The summed E-state index contributed by atoms with van der Waals surface area (Å²) in [6.07, 6.45) is 3.34. The van der Waals surface area contributed by atoms with E-state index < -0.39 is 0 Å². The van der Waals surface area contributed by atoms with Gasteiger partial charge < -0.3 is 15.6 Å². The predicted octanol–water partition coefficient (Wildman–Crippen LogP) is 3.76. The third kappa shape index (κ3) is 2.39. The van der Waals surface area contributed by atoms with Crippen molar-refractivity contribution >= 4 is 10.9 Å². The first-order valence-corrected chi connectivity index (χ1v) is 8.28. The van der Waals surface area contributed by atoms with Gasteiger partial charge >= 0.3 is 0 Å². The monoisotopic (exact) mass is 285 g/mol. The van der Waals surface area contributed by atoms with Gasteiger partial charge in [0.05, 0.1) is 0 Å². The summed E-state index contributed by atoms with van der Waals surface area (Å²) in [5.74, 6) is 0. The molecular weight excluding hydrogens is 258 g/mol. The molecule has 21 heavy (non-hydrogen) atoms. The topological polar surface area (TPSA) is 43.0 Å². The van der Waals surface area contributed by atoms with Gasteiger partial charge in [-0.3, -0.25) is 0 Å². The van der Waals surface area contributed by atoms with Crippen molar-refractivity contribution in [2.45, 2.75) is 65.7 Å². The van der Waals surface area contributed by atoms with Crippen LogP contribution in [0, 0.1) is 6.92 Å². The molecule has 3 N–H and O–H groups in total. The quantitative estimate of drug-likeness (QED) is 0.878. The second kappa shape index (κ2) is 5.82. The van der Waals surface area contributed by atoms with Crippen molar-refractivity contribution in [3.8, 4) is 0 Å². The van der Waals surface area contributed by atoms with Gasteiger partial charge in [-0.1, -0.05) is 20.3 Å². The second-order valence-corrected chi connectivity index (χ2v) is 6.29. The van der Waals surface area contributed by atoms with Crippen LogP contribution in [0.2, 0.25) is 0 Å². The van der Waals surface area contributed by atoms with Crippen molar-refractivity contribution in [1.82, 2.24) is 9.88 Å². The van der Waals surface area contributed by atoms with E-state index in [9.17, 15) is 0 Å². The van der Waals surface area contributed by atoms with Crippen molar-refractivity contribution in [3.05, 3.63) is 34.5 Å². The highest BCUT2D eigenvalue weighted by atomic mass is 15.0. The van der Waals surface area contributed by atoms with Gasteiger partial charge in [0.25, 0.3) is 0 Å². The molecule has 2 aromatic rings. The van der Waals surface area contributed by atoms with E-state index >= 15 is 0 Å². The zero-order valence-corrected chi connectivity index (χ0v) is 13.5. The Kier molecular flexibility index (Phi) is 4.05. The molecule has 3 nitrogen and oxygen atoms in total. The molecule has 0 spiro atoms. The molecule has 1 aromatic heterocycles. The normalized spacial score (nSPS) is 15.6. The number of rotatable bonds is 5. The van der Waals surface area contributed by atoms with Crippen LogP contribution in [0.1, 0.15) is 61.5 Å². The zero-order valence-electron chi connectivity index (χ0n) is 13.5. The summed E-state index contributed by atoms with van der Waals surface area (Å²) in [4.78, 5) is 0. The summed E-state index contributed by atoms with van der Waals surface area (Å²) in [6.45, 7) is 9.76. The van der Waals surface area contributed by atoms with Crippen LogP contribution >= 0.6 is 0 Å². The summed E-state index contributed by atoms with van der Waals surface area (Å²) in [6, 6.07) is 4.92. The molecule has 0 saturated carbocycles. The van der Waals surface area contributed by atoms with E-state index in [-0.39, 0.29) is 6.04 Å². The molecule has 0 saturated heterocycles. The molecule has 0 amide bonds. The SMILES string of the molecule is CCCC(N)c1c(C)n(CCC)c2cc3c(cc12)CNC3. The molecule has 3 rings (SSSR count). The lowest BCUT2D eigenvalue weighted by atomic mass is 9.98. The molecule has 1 unspecified atom stereocenters. The summed E-state index contributed by atoms with van der Waals surface area (Å²) < 4.78 is 2.47. The van der Waals surface area contributed by atoms with Crippen molar-refractivity contribution in [2.75, 3.05) is 0 Å². The minimum Gasteiger partial charge on any atom is -0.345 e. The highest BCUT2D eigenvalue weighted by molar-refractivity contribution is 5.88. The van der Waals surface area contributed by atoms with Gasteiger partial charge in [-0.15, -0.1) is 0 Å². The number of hydrogen-bond acceptors (Lipinski definition) is 2. The number of hydrogen-bond donors (Lipinski definition) is 2. The lowest BCUT2D eigenvalue weighted by Crippen LogP contribution is -2.11. The Morgan fingerprint density at radius 3 is 2.57 bits per heavy atom. The van der Waals surface area contributed by atoms with Crippen LogP contribution in [0.4, 0.5) is 0 Å². The van der Waals surface area contributed by atoms with E-state index in [0.29, 0.717) is 0 Å². The van der Waals surface area contributed by atoms with Crippen molar-refractivity contribution in [2.24, 2.45) is 5.73 Å². The van der Waals surface area contributed by atoms with Gasteiger partial charge in [-0.2, -0.15) is 0 Å². The Morgan fingerprint density at radius 2 is 1.90 bits per heavy atom. The van der Waals surface area contributed by atoms with Crippen LogP contribution in [0.25, 0.3) is 10.9 Å². The van der Waals surface area contributed by atoms with Crippen LogP contribution in [0.15, 0.2) is 12.1 Å². The fourth-order valence-corrected chi connectivity index (χ4v) is 3.73. The van der Waals surface area contributed by atoms with E-state index in [1.54, 1.807) is 0 Å². The molecule has 0 bridgehead atoms. The summed E-state index contributed by atoms with van der Waals surface area (Å²) >= 11 is 0. The number of nitrogens with two attached hydrogens (primary N) is 1. The lowest BCUT2D eigenvalue weighted by molar-refractivity contribution is 0.624. The molecule has 0 radical (unpaired) electrons. The Labute approximate surface area is 127 Å². The van der Waals surface area contributed by atoms with E-state index in [0.717, 1.165) is 38.9 Å². The van der Waals surface area contributed by atoms with Gasteiger partial charge in [0, 0.05) is 42.3 Å². The highest BCUT2D eigenvalue weighted by Gasteiger charge is 2.21. The van der Waals surface area contributed by atoms with Gasteiger partial charge in [-0.05, 0) is 48.6 Å². The van der Waals surface area contributed by atoms with Crippen LogP contribution in [-0.2, 0) is 19.6 Å². The standard InChI is InChI=1S/C18H27N3/c1-4-6-16(19)18-12(3)21(7-5-2)17-9-14-11-20-10-13(14)8-15(17)18/h8-9,16,20H,4-7,10-11,19H2,1-3H3. The smallest absolute Gasteiger partial charge is 0.0489 e. The molecule has 3 heteroatoms. The molecule has 1 aliphatic rings. The molecule has 1 aromatic carbocycles. The summed E-state index contributed by atoms with van der Waals surface area (Å²) in [5.41, 5.74) is 13.5. The third-order valence-electron chi connectivity index (χ3n) is 4.74. The maximum atomic E-state index is 6.50. The minimum absolute atomic E-state index is 0.156. The third-order valence-corrected chi connectivity index (χ3v) is 4.74. The molecule has 2 heterocycles. The first kappa shape index (κ1) is 14.6. The second-order valence-electron chi connectivity index (χ2n) is 6.29. The van der Waals surface area contributed by atoms with Crippen LogP contribution < -0.4 is 11.1 Å². The minimum atomic E-state index is 0.156. The fraction of sp³-hybridized carbons (Fsp3) is 0.556. The Hall–Kier alpha value is -1.32. The van der Waals surface area contributed by atoms with Gasteiger partial charge in [0.2, 0.25) is 0 Å². The fourth-order valence-electron chi connectivity index (χ4n) is 3.73. The van der Waals surface area contributed by atoms with E-state index in [1.165, 1.54) is 33.3 Å². The largest absolute Gasteiger partial charge is 0.345 e. The number of fused-ring (bicyclic) bond motifs is 2. The van der Waals surface area contributed by atoms with Gasteiger partial charge in [0.15, 0.2) is 0 Å². The van der Waals surface area contributed by atoms with Gasteiger partial charge in [-0.25, -0.2) is 0 Å². The maximum Gasteiger partial charge on any atom is 0.0489 e. The Morgan fingerprint density at radius 1 is 1.19 bits per heavy atom. The van der Waals surface area contributed by atoms with Crippen molar-refractivity contribution < 1.29 is 0 Å². The van der Waals surface area contributed by atoms with Crippen molar-refractivity contribution in [1.29, 1.82) is 0 Å². The number of aromatic nitrogens is 1. The Bertz CT molecular complexity index is 654. The zero-order chi connectivity index (χ0) is 15.0. The Balaban J connectivity index is 2.23. The number of benzene rings is 1. The molecule has 1 atom stereocenters. The number of nitrogens with zero attached hydrogens (tertiary/aromatic N) is 1. The van der Waals surface area contributed by atoms with Gasteiger partial charge in [0.1, 0.15) is 0 Å². The van der Waals surface area contributed by atoms with Crippen molar-refractivity contribution in [3.63, 3.8) is 0 Å². The van der Waals surface area contributed by atoms with E-state index in [2.05, 4.69) is 42.8 Å². The van der Waals surface area contributed by atoms with Crippen LogP contribution in [-0.4, -0.2) is 4.57 Å². The molecule has 1 aliphatic heterocycles. The van der Waals surface area contributed by atoms with E-state index in [4.69, 9.17) is 5.73 Å². The number of aryl methyl sites for hydroxylation is 1. The molecular formula is C18H27N3. The molecule has 0 aliphatic carbocycles. The van der Waals surface area contributed by atoms with E-state index in [1.807, 2.05) is 0 Å². The maximum absolute atomic E-state index is 6.50. The lowest BCUT2D eigenvalue weighted by Gasteiger charge is -2.12. The van der Waals surface area contributed by atoms with Crippen LogP contribution in [0.5, 0.6) is 0 Å². The summed E-state index contributed by atoms with van der Waals surface area (Å²) in [5, 5.41) is 4.83. The summed E-state index contributed by atoms with van der Waals surface area (Å²) in [7, 11) is 0. The predicted molar refractivity (Wildman–Crippen MR) is 89.3 cm³/mol. The highest BCUT2D eigenvalue weighted by Crippen LogP contribution is 2.34. The van der Waals surface area contributed by atoms with Crippen LogP contribution in [0.3, 0.4) is 0 Å². The first-order valence-electron chi connectivity index (χ1n) is 8.28. The number of nitrogens with one attached hydrogen (secondary N) is 1. The molecule has 114 valence electrons. The molecule has 0 fully saturated rings.